The van der Waals surface area contributed by atoms with Crippen LogP contribution in [0.4, 0.5) is 0 Å². The van der Waals surface area contributed by atoms with Crippen LogP contribution >= 0.6 is 12.6 Å². The topological polar surface area (TPSA) is 177 Å². The maximum absolute atomic E-state index is 13.1. The highest BCUT2D eigenvalue weighted by atomic mass is 32.1. The predicted octanol–water partition coefficient (Wildman–Crippen LogP) is 0.200. The summed E-state index contributed by atoms with van der Waals surface area (Å²) in [7, 11) is 0. The van der Waals surface area contributed by atoms with E-state index in [4.69, 9.17) is 11.5 Å². The highest BCUT2D eigenvalue weighted by molar-refractivity contribution is 7.80. The number of hydrogen-bond donors (Lipinski definition) is 7. The van der Waals surface area contributed by atoms with Crippen LogP contribution in [0.1, 0.15) is 45.1 Å². The Morgan fingerprint density at radius 3 is 2.03 bits per heavy atom. The molecule has 1 aromatic carbocycles. The van der Waals surface area contributed by atoms with Crippen molar-refractivity contribution in [2.75, 3.05) is 12.3 Å². The third-order valence-electron chi connectivity index (χ3n) is 5.35. The maximum Gasteiger partial charge on any atom is 0.326 e. The second-order valence-electron chi connectivity index (χ2n) is 8.91. The van der Waals surface area contributed by atoms with Crippen LogP contribution in [0.3, 0.4) is 0 Å². The Bertz CT molecular complexity index is 824. The Kier molecular flexibility index (Phi) is 14.0. The first-order valence-corrected chi connectivity index (χ1v) is 12.5. The Morgan fingerprint density at radius 1 is 0.914 bits per heavy atom. The normalized spacial score (nSPS) is 14.5. The van der Waals surface area contributed by atoms with E-state index in [1.807, 2.05) is 19.9 Å². The van der Waals surface area contributed by atoms with E-state index in [1.165, 1.54) is 0 Å². The van der Waals surface area contributed by atoms with Crippen LogP contribution < -0.4 is 27.4 Å². The number of hydrogen-bond acceptors (Lipinski definition) is 7. The number of amides is 3. The van der Waals surface area contributed by atoms with Crippen LogP contribution in [0.25, 0.3) is 0 Å². The zero-order valence-corrected chi connectivity index (χ0v) is 21.3. The summed E-state index contributed by atoms with van der Waals surface area (Å²) in [5, 5.41) is 17.5. The maximum atomic E-state index is 13.1. The van der Waals surface area contributed by atoms with E-state index in [0.717, 1.165) is 5.56 Å². The molecule has 0 aliphatic heterocycles. The van der Waals surface area contributed by atoms with Crippen LogP contribution in [0, 0.1) is 5.92 Å². The number of carbonyl (C=O) groups is 4. The molecule has 1 rings (SSSR count). The molecule has 8 N–H and O–H groups in total. The Hall–Kier alpha value is -2.63. The van der Waals surface area contributed by atoms with Crippen molar-refractivity contribution in [1.82, 2.24) is 16.0 Å². The summed E-state index contributed by atoms with van der Waals surface area (Å²) < 4.78 is 0. The van der Waals surface area contributed by atoms with Crippen molar-refractivity contribution < 1.29 is 24.3 Å². The summed E-state index contributed by atoms with van der Waals surface area (Å²) in [4.78, 5) is 50.2. The van der Waals surface area contributed by atoms with Gasteiger partial charge in [-0.1, -0.05) is 44.2 Å². The molecule has 4 atom stereocenters. The lowest BCUT2D eigenvalue weighted by atomic mass is 10.0. The number of thiol groups is 1. The van der Waals surface area contributed by atoms with E-state index in [0.29, 0.717) is 25.8 Å². The van der Waals surface area contributed by atoms with Gasteiger partial charge in [0.15, 0.2) is 0 Å². The second-order valence-corrected chi connectivity index (χ2v) is 9.28. The van der Waals surface area contributed by atoms with Gasteiger partial charge in [-0.15, -0.1) is 0 Å². The number of nitrogens with one attached hydrogen (secondary N) is 3. The van der Waals surface area contributed by atoms with Gasteiger partial charge in [0.1, 0.15) is 18.1 Å². The molecule has 0 aliphatic carbocycles. The van der Waals surface area contributed by atoms with Gasteiger partial charge in [-0.3, -0.25) is 14.4 Å². The van der Waals surface area contributed by atoms with Gasteiger partial charge in [0.25, 0.3) is 0 Å². The SMILES string of the molecule is CC(C)CC(NC(=O)C(N)CS)C(=O)NC(CCCCN)C(=O)NC(Cc1ccccc1)C(=O)O. The van der Waals surface area contributed by atoms with Crippen molar-refractivity contribution in [3.05, 3.63) is 35.9 Å². The van der Waals surface area contributed by atoms with E-state index < -0.39 is 47.9 Å². The molecule has 0 fully saturated rings. The fourth-order valence-corrected chi connectivity index (χ4v) is 3.59. The summed E-state index contributed by atoms with van der Waals surface area (Å²) in [6.45, 7) is 4.22. The number of benzene rings is 1. The number of nitrogens with two attached hydrogens (primary N) is 2. The van der Waals surface area contributed by atoms with Crippen molar-refractivity contribution in [2.24, 2.45) is 17.4 Å². The molecule has 11 heteroatoms. The zero-order chi connectivity index (χ0) is 26.4. The van der Waals surface area contributed by atoms with Gasteiger partial charge in [0.05, 0.1) is 6.04 Å². The number of carboxylic acids is 1. The Balaban J connectivity index is 2.99. The average molecular weight is 510 g/mol. The molecule has 0 saturated carbocycles. The minimum Gasteiger partial charge on any atom is -0.480 e. The molecule has 0 aromatic heterocycles. The Morgan fingerprint density at radius 2 is 1.49 bits per heavy atom. The largest absolute Gasteiger partial charge is 0.480 e. The summed E-state index contributed by atoms with van der Waals surface area (Å²) in [6.07, 6.45) is 1.88. The van der Waals surface area contributed by atoms with Crippen LogP contribution in [0.2, 0.25) is 0 Å². The molecule has 0 radical (unpaired) electrons. The van der Waals surface area contributed by atoms with Crippen molar-refractivity contribution in [3.8, 4) is 0 Å². The fourth-order valence-electron chi connectivity index (χ4n) is 3.42. The summed E-state index contributed by atoms with van der Waals surface area (Å²) >= 11 is 4.02. The van der Waals surface area contributed by atoms with Crippen molar-refractivity contribution in [3.63, 3.8) is 0 Å². The first-order chi connectivity index (χ1) is 16.6. The van der Waals surface area contributed by atoms with E-state index in [9.17, 15) is 24.3 Å². The van der Waals surface area contributed by atoms with Gasteiger partial charge < -0.3 is 32.5 Å². The van der Waals surface area contributed by atoms with Gasteiger partial charge in [0, 0.05) is 12.2 Å². The molecule has 1 aromatic rings. The fraction of sp³-hybridized carbons (Fsp3) is 0.583. The molecule has 0 bridgehead atoms. The number of carbonyl (C=O) groups excluding carboxylic acids is 3. The van der Waals surface area contributed by atoms with E-state index in [-0.39, 0.29) is 24.5 Å². The van der Waals surface area contributed by atoms with Crippen molar-refractivity contribution in [2.45, 2.75) is 70.1 Å². The lowest BCUT2D eigenvalue weighted by molar-refractivity contribution is -0.142. The lowest BCUT2D eigenvalue weighted by Gasteiger charge is -2.26. The van der Waals surface area contributed by atoms with E-state index in [1.54, 1.807) is 24.3 Å². The van der Waals surface area contributed by atoms with E-state index in [2.05, 4.69) is 28.6 Å². The lowest BCUT2D eigenvalue weighted by Crippen LogP contribution is -2.57. The van der Waals surface area contributed by atoms with Crippen LogP contribution in [-0.4, -0.2) is 65.3 Å². The molecule has 10 nitrogen and oxygen atoms in total. The van der Waals surface area contributed by atoms with Gasteiger partial charge in [0.2, 0.25) is 17.7 Å². The number of carboxylic acid groups (broad SMARTS) is 1. The molecule has 0 saturated heterocycles. The molecule has 196 valence electrons. The minimum absolute atomic E-state index is 0.0741. The van der Waals surface area contributed by atoms with E-state index >= 15 is 0 Å². The van der Waals surface area contributed by atoms with Crippen molar-refractivity contribution >= 4 is 36.3 Å². The zero-order valence-electron chi connectivity index (χ0n) is 20.4. The van der Waals surface area contributed by atoms with Gasteiger partial charge in [-0.05, 0) is 43.7 Å². The Labute approximate surface area is 212 Å². The summed E-state index contributed by atoms with van der Waals surface area (Å²) in [5.74, 6) is -2.66. The van der Waals surface area contributed by atoms with Gasteiger partial charge >= 0.3 is 5.97 Å². The molecule has 0 heterocycles. The van der Waals surface area contributed by atoms with Gasteiger partial charge in [-0.2, -0.15) is 12.6 Å². The minimum atomic E-state index is -1.18. The highest BCUT2D eigenvalue weighted by Gasteiger charge is 2.30. The number of aliphatic carboxylic acids is 1. The molecule has 4 unspecified atom stereocenters. The predicted molar refractivity (Wildman–Crippen MR) is 138 cm³/mol. The quantitative estimate of drug-likeness (QED) is 0.123. The number of rotatable bonds is 16. The highest BCUT2D eigenvalue weighted by Crippen LogP contribution is 2.09. The van der Waals surface area contributed by atoms with Gasteiger partial charge in [-0.25, -0.2) is 4.79 Å². The monoisotopic (exact) mass is 509 g/mol. The summed E-state index contributed by atoms with van der Waals surface area (Å²) in [6, 6.07) is 5.00. The molecular formula is C24H39N5O5S. The molecular weight excluding hydrogens is 470 g/mol. The van der Waals surface area contributed by atoms with Crippen LogP contribution in [-0.2, 0) is 25.6 Å². The van der Waals surface area contributed by atoms with Crippen LogP contribution in [0.5, 0.6) is 0 Å². The molecule has 3 amide bonds. The van der Waals surface area contributed by atoms with Crippen molar-refractivity contribution in [1.29, 1.82) is 0 Å². The molecule has 0 spiro atoms. The molecule has 0 aliphatic rings. The first-order valence-electron chi connectivity index (χ1n) is 11.8. The van der Waals surface area contributed by atoms with Crippen LogP contribution in [0.15, 0.2) is 30.3 Å². The first kappa shape index (κ1) is 30.4. The average Bonchev–Trinajstić information content (AvgIpc) is 2.82. The third-order valence-corrected chi connectivity index (χ3v) is 5.74. The standard InChI is InChI=1S/C24H39N5O5S/c1-15(2)12-19(28-21(30)17(26)14-35)23(32)27-18(10-6-7-11-25)22(31)29-20(24(33)34)13-16-8-4-3-5-9-16/h3-5,8-9,15,17-20,35H,6-7,10-14,25-26H2,1-2H3,(H,27,32)(H,28,30)(H,29,31)(H,33,34). The summed E-state index contributed by atoms with van der Waals surface area (Å²) in [5.41, 5.74) is 12.0. The molecule has 35 heavy (non-hydrogen) atoms. The number of unbranched alkanes of at least 4 members (excludes halogenated alkanes) is 1. The smallest absolute Gasteiger partial charge is 0.326 e. The second kappa shape index (κ2) is 16.1. The third kappa shape index (κ3) is 11.6.